The zero-order chi connectivity index (χ0) is 16.8. The van der Waals surface area contributed by atoms with Gasteiger partial charge in [0.1, 0.15) is 5.75 Å². The smallest absolute Gasteiger partial charge is 0.265 e. The van der Waals surface area contributed by atoms with Gasteiger partial charge in [-0.05, 0) is 30.7 Å². The van der Waals surface area contributed by atoms with Crippen LogP contribution in [0.15, 0.2) is 48.5 Å². The molecule has 0 fully saturated rings. The molecule has 2 aromatic rings. The summed E-state index contributed by atoms with van der Waals surface area (Å²) >= 11 is 6.04. The van der Waals surface area contributed by atoms with E-state index in [4.69, 9.17) is 22.1 Å². The summed E-state index contributed by atoms with van der Waals surface area (Å²) < 4.78 is 5.67. The summed E-state index contributed by atoms with van der Waals surface area (Å²) in [5.74, 6) is -0.554. The van der Waals surface area contributed by atoms with Gasteiger partial charge in [0.05, 0.1) is 16.3 Å². The van der Waals surface area contributed by atoms with Crippen molar-refractivity contribution in [3.05, 3.63) is 59.1 Å². The summed E-state index contributed by atoms with van der Waals surface area (Å²) in [7, 11) is 0. The Labute approximate surface area is 139 Å². The Hall–Kier alpha value is -2.53. The van der Waals surface area contributed by atoms with Gasteiger partial charge in [0.2, 0.25) is 0 Å². The van der Waals surface area contributed by atoms with Crippen molar-refractivity contribution in [3.63, 3.8) is 0 Å². The van der Waals surface area contributed by atoms with Crippen molar-refractivity contribution in [1.29, 1.82) is 0 Å². The van der Waals surface area contributed by atoms with E-state index in [1.807, 2.05) is 6.92 Å². The minimum absolute atomic E-state index is 0.244. The van der Waals surface area contributed by atoms with Crippen LogP contribution in [0.25, 0.3) is 0 Å². The Morgan fingerprint density at radius 1 is 1.17 bits per heavy atom. The van der Waals surface area contributed by atoms with E-state index in [0.29, 0.717) is 22.9 Å². The fourth-order valence-corrected chi connectivity index (χ4v) is 2.22. The first kappa shape index (κ1) is 16.8. The molecule has 0 aliphatic heterocycles. The monoisotopic (exact) mass is 332 g/mol. The third-order valence-electron chi connectivity index (χ3n) is 3.22. The molecule has 0 radical (unpaired) electrons. The van der Waals surface area contributed by atoms with Crippen LogP contribution < -0.4 is 15.8 Å². The number of nitrogens with one attached hydrogen (secondary N) is 1. The summed E-state index contributed by atoms with van der Waals surface area (Å²) in [6.07, 6.45) is -0.300. The van der Waals surface area contributed by atoms with Crippen LogP contribution in [-0.4, -0.2) is 17.9 Å². The van der Waals surface area contributed by atoms with Crippen LogP contribution in [0.1, 0.15) is 23.7 Å². The number of amides is 2. The second kappa shape index (κ2) is 7.65. The molecule has 3 N–H and O–H groups in total. The molecule has 0 aliphatic rings. The lowest BCUT2D eigenvalue weighted by Crippen LogP contribution is -2.33. The fraction of sp³-hybridized carbons (Fsp3) is 0.176. The van der Waals surface area contributed by atoms with Gasteiger partial charge in [0, 0.05) is 0 Å². The Bertz CT molecular complexity index is 718. The van der Waals surface area contributed by atoms with E-state index in [9.17, 15) is 9.59 Å². The molecule has 2 aromatic carbocycles. The molecule has 0 saturated carbocycles. The number of carbonyl (C=O) groups is 2. The van der Waals surface area contributed by atoms with Gasteiger partial charge >= 0.3 is 0 Å². The summed E-state index contributed by atoms with van der Waals surface area (Å²) in [6.45, 7) is 1.82. The van der Waals surface area contributed by atoms with Crippen molar-refractivity contribution in [2.24, 2.45) is 5.73 Å². The molecule has 0 saturated heterocycles. The minimum atomic E-state index is -0.740. The molecular formula is C17H17ClN2O3. The average Bonchev–Trinajstić information content (AvgIpc) is 2.54. The van der Waals surface area contributed by atoms with E-state index in [1.165, 1.54) is 0 Å². The third-order valence-corrected chi connectivity index (χ3v) is 3.53. The lowest BCUT2D eigenvalue weighted by molar-refractivity contribution is -0.122. The number of benzene rings is 2. The zero-order valence-electron chi connectivity index (χ0n) is 12.6. The Kier molecular flexibility index (Phi) is 5.60. The van der Waals surface area contributed by atoms with Crippen LogP contribution in [0.3, 0.4) is 0 Å². The Morgan fingerprint density at radius 3 is 2.48 bits per heavy atom. The number of hydrogen-bond acceptors (Lipinski definition) is 3. The molecule has 120 valence electrons. The van der Waals surface area contributed by atoms with E-state index in [-0.39, 0.29) is 11.5 Å². The van der Waals surface area contributed by atoms with E-state index in [0.717, 1.165) is 0 Å². The standard InChI is InChI=1S/C17H17ClN2O3/c1-2-14(23-15-10-6-4-8-12(15)18)17(22)20-13-9-5-3-7-11(13)16(19)21/h3-10,14H,2H2,1H3,(H2,19,21)(H,20,22)/t14-/m0/s1. The van der Waals surface area contributed by atoms with E-state index in [2.05, 4.69) is 5.32 Å². The van der Waals surface area contributed by atoms with E-state index < -0.39 is 12.0 Å². The molecule has 0 unspecified atom stereocenters. The number of hydrogen-bond donors (Lipinski definition) is 2. The lowest BCUT2D eigenvalue weighted by Gasteiger charge is -2.18. The van der Waals surface area contributed by atoms with Gasteiger partial charge in [0.25, 0.3) is 11.8 Å². The maximum Gasteiger partial charge on any atom is 0.265 e. The predicted octanol–water partition coefficient (Wildman–Crippen LogP) is 3.24. The minimum Gasteiger partial charge on any atom is -0.479 e. The molecule has 6 heteroatoms. The highest BCUT2D eigenvalue weighted by Crippen LogP contribution is 2.25. The average molecular weight is 333 g/mol. The molecule has 23 heavy (non-hydrogen) atoms. The zero-order valence-corrected chi connectivity index (χ0v) is 13.3. The van der Waals surface area contributed by atoms with Crippen molar-refractivity contribution < 1.29 is 14.3 Å². The molecule has 0 heterocycles. The van der Waals surface area contributed by atoms with Crippen molar-refractivity contribution in [1.82, 2.24) is 0 Å². The highest BCUT2D eigenvalue weighted by Gasteiger charge is 2.21. The first-order valence-corrected chi connectivity index (χ1v) is 7.51. The maximum atomic E-state index is 12.4. The molecule has 0 aromatic heterocycles. The van der Waals surface area contributed by atoms with Gasteiger partial charge in [-0.3, -0.25) is 9.59 Å². The van der Waals surface area contributed by atoms with Crippen LogP contribution in [0.4, 0.5) is 5.69 Å². The molecule has 0 spiro atoms. The Morgan fingerprint density at radius 2 is 1.83 bits per heavy atom. The molecular weight excluding hydrogens is 316 g/mol. The number of nitrogens with two attached hydrogens (primary N) is 1. The van der Waals surface area contributed by atoms with Crippen LogP contribution in [0, 0.1) is 0 Å². The number of para-hydroxylation sites is 2. The molecule has 1 atom stereocenters. The molecule has 2 rings (SSSR count). The molecule has 0 bridgehead atoms. The first-order chi connectivity index (χ1) is 11.0. The van der Waals surface area contributed by atoms with Gasteiger partial charge in [0.15, 0.2) is 6.10 Å². The third kappa shape index (κ3) is 4.23. The van der Waals surface area contributed by atoms with Gasteiger partial charge in [-0.1, -0.05) is 42.8 Å². The second-order valence-electron chi connectivity index (χ2n) is 4.84. The number of rotatable bonds is 6. The van der Waals surface area contributed by atoms with Crippen molar-refractivity contribution in [2.45, 2.75) is 19.4 Å². The van der Waals surface area contributed by atoms with Gasteiger partial charge in [-0.25, -0.2) is 0 Å². The lowest BCUT2D eigenvalue weighted by atomic mass is 10.1. The first-order valence-electron chi connectivity index (χ1n) is 7.13. The van der Waals surface area contributed by atoms with E-state index >= 15 is 0 Å². The number of anilines is 1. The van der Waals surface area contributed by atoms with Crippen LogP contribution in [0.5, 0.6) is 5.75 Å². The number of primary amides is 1. The normalized spacial score (nSPS) is 11.6. The summed E-state index contributed by atoms with van der Waals surface area (Å²) in [6, 6.07) is 13.5. The van der Waals surface area contributed by atoms with Crippen LogP contribution in [0.2, 0.25) is 5.02 Å². The Balaban J connectivity index is 2.15. The van der Waals surface area contributed by atoms with Crippen molar-refractivity contribution >= 4 is 29.1 Å². The summed E-state index contributed by atoms with van der Waals surface area (Å²) in [4.78, 5) is 23.8. The molecule has 5 nitrogen and oxygen atoms in total. The molecule has 0 aliphatic carbocycles. The van der Waals surface area contributed by atoms with Crippen LogP contribution >= 0.6 is 11.6 Å². The van der Waals surface area contributed by atoms with Crippen molar-refractivity contribution in [2.75, 3.05) is 5.32 Å². The SMILES string of the molecule is CC[C@H](Oc1ccccc1Cl)C(=O)Nc1ccccc1C(N)=O. The van der Waals surface area contributed by atoms with Gasteiger partial charge in [-0.15, -0.1) is 0 Å². The fourth-order valence-electron chi connectivity index (χ4n) is 2.04. The number of ether oxygens (including phenoxy) is 1. The van der Waals surface area contributed by atoms with Gasteiger partial charge < -0.3 is 15.8 Å². The molecule has 2 amide bonds. The summed E-state index contributed by atoms with van der Waals surface area (Å²) in [5, 5.41) is 3.10. The maximum absolute atomic E-state index is 12.4. The highest BCUT2D eigenvalue weighted by molar-refractivity contribution is 6.32. The number of halogens is 1. The number of carbonyl (C=O) groups excluding carboxylic acids is 2. The quantitative estimate of drug-likeness (QED) is 0.852. The largest absolute Gasteiger partial charge is 0.479 e. The van der Waals surface area contributed by atoms with E-state index in [1.54, 1.807) is 48.5 Å². The topological polar surface area (TPSA) is 81.4 Å². The van der Waals surface area contributed by atoms with Gasteiger partial charge in [-0.2, -0.15) is 0 Å². The summed E-state index contributed by atoms with van der Waals surface area (Å²) in [5.41, 5.74) is 5.90. The highest BCUT2D eigenvalue weighted by atomic mass is 35.5. The second-order valence-corrected chi connectivity index (χ2v) is 5.25. The van der Waals surface area contributed by atoms with Crippen LogP contribution in [-0.2, 0) is 4.79 Å². The predicted molar refractivity (Wildman–Crippen MR) is 89.7 cm³/mol. The van der Waals surface area contributed by atoms with Crippen molar-refractivity contribution in [3.8, 4) is 5.75 Å².